The summed E-state index contributed by atoms with van der Waals surface area (Å²) in [6, 6.07) is 7.73. The fourth-order valence-electron chi connectivity index (χ4n) is 2.63. The molecule has 2 amide bonds. The number of rotatable bonds is 4. The third-order valence-corrected chi connectivity index (χ3v) is 4.05. The van der Waals surface area contributed by atoms with Crippen molar-refractivity contribution >= 4 is 29.3 Å². The van der Waals surface area contributed by atoms with E-state index in [4.69, 9.17) is 16.3 Å². The van der Waals surface area contributed by atoms with Crippen molar-refractivity contribution in [3.05, 3.63) is 29.3 Å². The number of amides is 2. The fraction of sp³-hybridized carbons (Fsp3) is 0.556. The number of piperazine rings is 1. The molecule has 6 nitrogen and oxygen atoms in total. The third-order valence-electron chi connectivity index (χ3n) is 3.81. The molecule has 25 heavy (non-hydrogen) atoms. The van der Waals surface area contributed by atoms with Crippen LogP contribution in [0.3, 0.4) is 0 Å². The van der Waals surface area contributed by atoms with E-state index in [1.54, 1.807) is 20.8 Å². The Morgan fingerprint density at radius 2 is 1.88 bits per heavy atom. The number of hydrogen-bond donors (Lipinski definition) is 1. The minimum absolute atomic E-state index is 0.0433. The van der Waals surface area contributed by atoms with Crippen LogP contribution in [0, 0.1) is 0 Å². The first-order valence-electron chi connectivity index (χ1n) is 8.50. The van der Waals surface area contributed by atoms with Gasteiger partial charge in [0.15, 0.2) is 0 Å². The summed E-state index contributed by atoms with van der Waals surface area (Å²) in [6.07, 6.45) is -0.220. The average molecular weight is 368 g/mol. The van der Waals surface area contributed by atoms with Crippen LogP contribution >= 0.6 is 11.6 Å². The monoisotopic (exact) mass is 367 g/mol. The average Bonchev–Trinajstić information content (AvgIpc) is 2.53. The molecular formula is C18H26ClN3O3. The van der Waals surface area contributed by atoms with E-state index < -0.39 is 11.7 Å². The lowest BCUT2D eigenvalue weighted by molar-refractivity contribution is -0.131. The topological polar surface area (TPSA) is 61.9 Å². The first-order valence-corrected chi connectivity index (χ1v) is 8.87. The van der Waals surface area contributed by atoms with Crippen molar-refractivity contribution in [2.45, 2.75) is 32.8 Å². The Labute approximate surface area is 154 Å². The van der Waals surface area contributed by atoms with Crippen molar-refractivity contribution in [2.75, 3.05) is 37.6 Å². The van der Waals surface area contributed by atoms with Gasteiger partial charge in [-0.2, -0.15) is 0 Å². The van der Waals surface area contributed by atoms with Crippen LogP contribution < -0.4 is 10.2 Å². The largest absolute Gasteiger partial charge is 0.444 e. The molecule has 1 saturated heterocycles. The molecule has 0 bridgehead atoms. The van der Waals surface area contributed by atoms with E-state index in [1.807, 2.05) is 29.2 Å². The minimum Gasteiger partial charge on any atom is -0.444 e. The van der Waals surface area contributed by atoms with E-state index in [-0.39, 0.29) is 18.9 Å². The van der Waals surface area contributed by atoms with Gasteiger partial charge in [0.25, 0.3) is 0 Å². The molecule has 1 aliphatic heterocycles. The Balaban J connectivity index is 1.71. The third kappa shape index (κ3) is 6.46. The number of nitrogens with one attached hydrogen (secondary N) is 1. The number of halogens is 1. The van der Waals surface area contributed by atoms with Crippen LogP contribution in [0.4, 0.5) is 10.5 Å². The van der Waals surface area contributed by atoms with E-state index in [2.05, 4.69) is 10.2 Å². The summed E-state index contributed by atoms with van der Waals surface area (Å²) in [4.78, 5) is 27.9. The standard InChI is InChI=1S/C18H26ClN3O3/c1-18(2,3)25-17(24)20-8-7-16(23)22-11-9-21(10-12-22)15-6-4-5-14(19)13-15/h4-6,13H,7-12H2,1-3H3,(H,20,24). The van der Waals surface area contributed by atoms with Crippen molar-refractivity contribution < 1.29 is 14.3 Å². The van der Waals surface area contributed by atoms with Crippen LogP contribution in [0.5, 0.6) is 0 Å². The number of hydrogen-bond acceptors (Lipinski definition) is 4. The number of alkyl carbamates (subject to hydrolysis) is 1. The van der Waals surface area contributed by atoms with Gasteiger partial charge in [-0.25, -0.2) is 4.79 Å². The van der Waals surface area contributed by atoms with Gasteiger partial charge >= 0.3 is 6.09 Å². The molecule has 2 rings (SSSR count). The van der Waals surface area contributed by atoms with Crippen molar-refractivity contribution in [3.63, 3.8) is 0 Å². The normalized spacial score (nSPS) is 15.0. The summed E-state index contributed by atoms with van der Waals surface area (Å²) in [6.45, 7) is 8.56. The highest BCUT2D eigenvalue weighted by Crippen LogP contribution is 2.20. The highest BCUT2D eigenvalue weighted by atomic mass is 35.5. The summed E-state index contributed by atoms with van der Waals surface area (Å²) in [5.41, 5.74) is 0.538. The highest BCUT2D eigenvalue weighted by Gasteiger charge is 2.22. The summed E-state index contributed by atoms with van der Waals surface area (Å²) in [5.74, 6) is 0.0433. The molecule has 0 saturated carbocycles. The number of benzene rings is 1. The second-order valence-electron chi connectivity index (χ2n) is 7.03. The second kappa shape index (κ2) is 8.43. The molecule has 1 aromatic rings. The van der Waals surface area contributed by atoms with Gasteiger partial charge in [-0.05, 0) is 39.0 Å². The van der Waals surface area contributed by atoms with Gasteiger partial charge in [-0.15, -0.1) is 0 Å². The summed E-state index contributed by atoms with van der Waals surface area (Å²) >= 11 is 6.03. The molecule has 1 fully saturated rings. The van der Waals surface area contributed by atoms with Crippen LogP contribution in [0.1, 0.15) is 27.2 Å². The van der Waals surface area contributed by atoms with Crippen LogP contribution in [-0.2, 0) is 9.53 Å². The predicted molar refractivity (Wildman–Crippen MR) is 99.1 cm³/mol. The maximum atomic E-state index is 12.3. The molecule has 0 aliphatic carbocycles. The molecule has 1 heterocycles. The predicted octanol–water partition coefficient (Wildman–Crippen LogP) is 2.90. The molecule has 1 aliphatic rings. The SMILES string of the molecule is CC(C)(C)OC(=O)NCCC(=O)N1CCN(c2cccc(Cl)c2)CC1. The van der Waals surface area contributed by atoms with Gasteiger partial charge in [0.1, 0.15) is 5.60 Å². The van der Waals surface area contributed by atoms with Crippen molar-refractivity contribution in [3.8, 4) is 0 Å². The van der Waals surface area contributed by atoms with Gasteiger partial charge in [0.2, 0.25) is 5.91 Å². The molecule has 138 valence electrons. The van der Waals surface area contributed by atoms with E-state index in [0.717, 1.165) is 18.8 Å². The van der Waals surface area contributed by atoms with E-state index in [1.165, 1.54) is 0 Å². The molecule has 0 radical (unpaired) electrons. The molecule has 0 spiro atoms. The van der Waals surface area contributed by atoms with Gasteiger partial charge < -0.3 is 19.9 Å². The molecule has 1 N–H and O–H groups in total. The quantitative estimate of drug-likeness (QED) is 0.888. The number of nitrogens with zero attached hydrogens (tertiary/aromatic N) is 2. The Morgan fingerprint density at radius 1 is 1.20 bits per heavy atom. The number of anilines is 1. The van der Waals surface area contributed by atoms with E-state index in [0.29, 0.717) is 18.1 Å². The van der Waals surface area contributed by atoms with Crippen LogP contribution in [0.25, 0.3) is 0 Å². The first-order chi connectivity index (χ1) is 11.7. The number of carbonyl (C=O) groups excluding carboxylic acids is 2. The van der Waals surface area contributed by atoms with Gasteiger partial charge in [0.05, 0.1) is 0 Å². The molecule has 0 aromatic heterocycles. The van der Waals surface area contributed by atoms with E-state index >= 15 is 0 Å². The molecule has 0 atom stereocenters. The highest BCUT2D eigenvalue weighted by molar-refractivity contribution is 6.30. The minimum atomic E-state index is -0.537. The van der Waals surface area contributed by atoms with Gasteiger partial charge in [-0.1, -0.05) is 17.7 Å². The zero-order chi connectivity index (χ0) is 18.4. The maximum absolute atomic E-state index is 12.3. The Hall–Kier alpha value is -1.95. The summed E-state index contributed by atoms with van der Waals surface area (Å²) in [7, 11) is 0. The van der Waals surface area contributed by atoms with Crippen LogP contribution in [0.15, 0.2) is 24.3 Å². The Kier molecular flexibility index (Phi) is 6.53. The summed E-state index contributed by atoms with van der Waals surface area (Å²) < 4.78 is 5.15. The first kappa shape index (κ1) is 19.4. The van der Waals surface area contributed by atoms with Crippen molar-refractivity contribution in [1.29, 1.82) is 0 Å². The molecule has 0 unspecified atom stereocenters. The fourth-order valence-corrected chi connectivity index (χ4v) is 2.82. The van der Waals surface area contributed by atoms with Crippen LogP contribution in [-0.4, -0.2) is 55.2 Å². The number of carbonyl (C=O) groups is 2. The Morgan fingerprint density at radius 3 is 2.48 bits per heavy atom. The lowest BCUT2D eigenvalue weighted by Gasteiger charge is -2.36. The van der Waals surface area contributed by atoms with Crippen LogP contribution in [0.2, 0.25) is 5.02 Å². The van der Waals surface area contributed by atoms with Crippen molar-refractivity contribution in [2.24, 2.45) is 0 Å². The summed E-state index contributed by atoms with van der Waals surface area (Å²) in [5, 5.41) is 3.33. The maximum Gasteiger partial charge on any atom is 0.407 e. The molecule has 7 heteroatoms. The zero-order valence-corrected chi connectivity index (χ0v) is 15.8. The molecular weight excluding hydrogens is 342 g/mol. The van der Waals surface area contributed by atoms with E-state index in [9.17, 15) is 9.59 Å². The van der Waals surface area contributed by atoms with Gasteiger partial charge in [-0.3, -0.25) is 4.79 Å². The number of ether oxygens (including phenoxy) is 1. The lowest BCUT2D eigenvalue weighted by Crippen LogP contribution is -2.49. The Bertz CT molecular complexity index is 608. The molecule has 1 aromatic carbocycles. The van der Waals surface area contributed by atoms with Crippen molar-refractivity contribution in [1.82, 2.24) is 10.2 Å². The smallest absolute Gasteiger partial charge is 0.407 e. The van der Waals surface area contributed by atoms with Gasteiger partial charge in [0, 0.05) is 49.9 Å². The second-order valence-corrected chi connectivity index (χ2v) is 7.46. The lowest BCUT2D eigenvalue weighted by atomic mass is 10.2. The zero-order valence-electron chi connectivity index (χ0n) is 15.0.